The Hall–Kier alpha value is -2.40. The van der Waals surface area contributed by atoms with E-state index in [9.17, 15) is 4.79 Å². The van der Waals surface area contributed by atoms with Crippen LogP contribution in [0, 0.1) is 6.92 Å². The van der Waals surface area contributed by atoms with E-state index in [1.165, 1.54) is 0 Å². The fraction of sp³-hybridized carbons (Fsp3) is 0.400. The van der Waals surface area contributed by atoms with E-state index >= 15 is 0 Å². The zero-order chi connectivity index (χ0) is 17.6. The van der Waals surface area contributed by atoms with E-state index in [4.69, 9.17) is 9.47 Å². The van der Waals surface area contributed by atoms with E-state index < -0.39 is 0 Å². The van der Waals surface area contributed by atoms with E-state index in [-0.39, 0.29) is 12.0 Å². The van der Waals surface area contributed by atoms with Crippen molar-refractivity contribution in [2.45, 2.75) is 32.4 Å². The lowest BCUT2D eigenvalue weighted by atomic mass is 10.1. The number of methoxy groups -OCH3 is 1. The lowest BCUT2D eigenvalue weighted by Crippen LogP contribution is -2.37. The molecule has 1 aromatic carbocycles. The van der Waals surface area contributed by atoms with Crippen LogP contribution in [0.1, 0.15) is 34.3 Å². The monoisotopic (exact) mass is 340 g/mol. The number of pyridine rings is 1. The third-order valence-electron chi connectivity index (χ3n) is 4.52. The molecule has 1 aromatic heterocycles. The zero-order valence-electron chi connectivity index (χ0n) is 14.8. The summed E-state index contributed by atoms with van der Waals surface area (Å²) in [5, 5.41) is 0. The van der Waals surface area contributed by atoms with Crippen LogP contribution in [0.25, 0.3) is 0 Å². The van der Waals surface area contributed by atoms with Crippen molar-refractivity contribution in [3.8, 4) is 5.75 Å². The number of hydrogen-bond donors (Lipinski definition) is 0. The van der Waals surface area contributed by atoms with Gasteiger partial charge >= 0.3 is 0 Å². The first-order valence-corrected chi connectivity index (χ1v) is 8.62. The van der Waals surface area contributed by atoms with Gasteiger partial charge in [0.05, 0.1) is 13.2 Å². The Morgan fingerprint density at radius 2 is 2.12 bits per heavy atom. The van der Waals surface area contributed by atoms with Gasteiger partial charge in [0, 0.05) is 37.7 Å². The molecule has 2 aromatic rings. The number of rotatable bonds is 6. The van der Waals surface area contributed by atoms with Crippen LogP contribution in [-0.2, 0) is 11.3 Å². The topological polar surface area (TPSA) is 51.7 Å². The summed E-state index contributed by atoms with van der Waals surface area (Å²) >= 11 is 0. The average molecular weight is 340 g/mol. The fourth-order valence-corrected chi connectivity index (χ4v) is 3.14. The molecule has 3 rings (SSSR count). The summed E-state index contributed by atoms with van der Waals surface area (Å²) in [6.45, 7) is 3.87. The molecule has 5 heteroatoms. The van der Waals surface area contributed by atoms with Crippen LogP contribution in [0.5, 0.6) is 5.75 Å². The maximum Gasteiger partial charge on any atom is 0.254 e. The number of hydrogen-bond acceptors (Lipinski definition) is 4. The lowest BCUT2D eigenvalue weighted by molar-refractivity contribution is 0.0506. The van der Waals surface area contributed by atoms with E-state index in [2.05, 4.69) is 4.98 Å². The van der Waals surface area contributed by atoms with Gasteiger partial charge in [-0.1, -0.05) is 0 Å². The molecule has 5 nitrogen and oxygen atoms in total. The molecule has 1 fully saturated rings. The number of carbonyl (C=O) groups excluding carboxylic acids is 1. The third kappa shape index (κ3) is 4.37. The van der Waals surface area contributed by atoms with Crippen LogP contribution in [0.4, 0.5) is 0 Å². The molecule has 1 unspecified atom stereocenters. The van der Waals surface area contributed by atoms with Gasteiger partial charge in [0.25, 0.3) is 5.91 Å². The minimum absolute atomic E-state index is 0.0208. The average Bonchev–Trinajstić information content (AvgIpc) is 3.14. The van der Waals surface area contributed by atoms with Gasteiger partial charge in [-0.3, -0.25) is 9.78 Å². The summed E-state index contributed by atoms with van der Waals surface area (Å²) in [6, 6.07) is 9.44. The molecular formula is C20H24N2O3. The molecule has 0 radical (unpaired) electrons. The second kappa shape index (κ2) is 8.12. The largest absolute Gasteiger partial charge is 0.497 e. The van der Waals surface area contributed by atoms with Gasteiger partial charge in [0.1, 0.15) is 5.75 Å². The van der Waals surface area contributed by atoms with E-state index in [0.29, 0.717) is 18.7 Å². The number of benzene rings is 1. The van der Waals surface area contributed by atoms with Crippen LogP contribution in [0.2, 0.25) is 0 Å². The normalized spacial score (nSPS) is 16.6. The molecule has 0 N–H and O–H groups in total. The predicted molar refractivity (Wildman–Crippen MR) is 95.7 cm³/mol. The Morgan fingerprint density at radius 1 is 1.32 bits per heavy atom. The van der Waals surface area contributed by atoms with Crippen molar-refractivity contribution < 1.29 is 14.3 Å². The van der Waals surface area contributed by atoms with Crippen molar-refractivity contribution in [2.75, 3.05) is 20.3 Å². The summed E-state index contributed by atoms with van der Waals surface area (Å²) in [5.74, 6) is 0.779. The Balaban J connectivity index is 1.82. The zero-order valence-corrected chi connectivity index (χ0v) is 14.8. The summed E-state index contributed by atoms with van der Waals surface area (Å²) in [5.41, 5.74) is 2.68. The Labute approximate surface area is 148 Å². The molecule has 1 aliphatic heterocycles. The van der Waals surface area contributed by atoms with Gasteiger partial charge in [-0.05, 0) is 61.2 Å². The Bertz CT molecular complexity index is 712. The van der Waals surface area contributed by atoms with Crippen LogP contribution in [0.3, 0.4) is 0 Å². The highest BCUT2D eigenvalue weighted by Gasteiger charge is 2.24. The van der Waals surface area contributed by atoms with Crippen molar-refractivity contribution in [3.05, 3.63) is 59.4 Å². The molecular weight excluding hydrogens is 316 g/mol. The Morgan fingerprint density at radius 3 is 2.76 bits per heavy atom. The third-order valence-corrected chi connectivity index (χ3v) is 4.52. The van der Waals surface area contributed by atoms with Crippen molar-refractivity contribution in [1.82, 2.24) is 9.88 Å². The summed E-state index contributed by atoms with van der Waals surface area (Å²) in [4.78, 5) is 19.1. The number of aromatic nitrogens is 1. The smallest absolute Gasteiger partial charge is 0.254 e. The van der Waals surface area contributed by atoms with E-state index in [1.807, 2.05) is 42.2 Å². The van der Waals surface area contributed by atoms with Crippen molar-refractivity contribution >= 4 is 5.91 Å². The van der Waals surface area contributed by atoms with Gasteiger partial charge in [-0.15, -0.1) is 0 Å². The molecule has 2 heterocycles. The fourth-order valence-electron chi connectivity index (χ4n) is 3.14. The number of ether oxygens (including phenoxy) is 2. The second-order valence-electron chi connectivity index (χ2n) is 6.36. The number of carbonyl (C=O) groups is 1. The highest BCUT2D eigenvalue weighted by Crippen LogP contribution is 2.21. The molecule has 1 aliphatic rings. The number of nitrogens with zero attached hydrogens (tertiary/aromatic N) is 2. The van der Waals surface area contributed by atoms with Crippen molar-refractivity contribution in [2.24, 2.45) is 0 Å². The molecule has 1 atom stereocenters. The van der Waals surface area contributed by atoms with Gasteiger partial charge in [-0.25, -0.2) is 0 Å². The van der Waals surface area contributed by atoms with Crippen LogP contribution in [0.15, 0.2) is 42.7 Å². The quantitative estimate of drug-likeness (QED) is 0.810. The maximum absolute atomic E-state index is 13.2. The first kappa shape index (κ1) is 17.4. The van der Waals surface area contributed by atoms with Crippen molar-refractivity contribution in [3.63, 3.8) is 0 Å². The minimum atomic E-state index is 0.0208. The first-order chi connectivity index (χ1) is 12.2. The number of aryl methyl sites for hydroxylation is 1. The van der Waals surface area contributed by atoms with Crippen LogP contribution < -0.4 is 4.74 Å². The molecule has 0 saturated carbocycles. The maximum atomic E-state index is 13.2. The standard InChI is InChI=1S/C20H24N2O3/c1-15-12-17(24-2)5-6-19(15)20(23)22(14-18-4-3-11-25-18)13-16-7-9-21-10-8-16/h5-10,12,18H,3-4,11,13-14H2,1-2H3. The number of amides is 1. The van der Waals surface area contributed by atoms with E-state index in [0.717, 1.165) is 36.3 Å². The van der Waals surface area contributed by atoms with Crippen LogP contribution >= 0.6 is 0 Å². The minimum Gasteiger partial charge on any atom is -0.497 e. The molecule has 0 bridgehead atoms. The predicted octanol–water partition coefficient (Wildman–Crippen LogP) is 3.22. The summed E-state index contributed by atoms with van der Waals surface area (Å²) in [6.07, 6.45) is 5.68. The molecule has 132 valence electrons. The summed E-state index contributed by atoms with van der Waals surface area (Å²) < 4.78 is 11.0. The SMILES string of the molecule is COc1ccc(C(=O)N(Cc2ccncc2)CC2CCCO2)c(C)c1. The molecule has 0 aliphatic carbocycles. The molecule has 1 saturated heterocycles. The first-order valence-electron chi connectivity index (χ1n) is 8.62. The van der Waals surface area contributed by atoms with Gasteiger partial charge in [0.2, 0.25) is 0 Å². The molecule has 25 heavy (non-hydrogen) atoms. The highest BCUT2D eigenvalue weighted by molar-refractivity contribution is 5.95. The van der Waals surface area contributed by atoms with Crippen LogP contribution in [-0.4, -0.2) is 42.2 Å². The molecule has 0 spiro atoms. The second-order valence-corrected chi connectivity index (χ2v) is 6.36. The van der Waals surface area contributed by atoms with E-state index in [1.54, 1.807) is 19.5 Å². The van der Waals surface area contributed by atoms with Gasteiger partial charge in [0.15, 0.2) is 0 Å². The van der Waals surface area contributed by atoms with Gasteiger partial charge in [-0.2, -0.15) is 0 Å². The van der Waals surface area contributed by atoms with Gasteiger partial charge < -0.3 is 14.4 Å². The van der Waals surface area contributed by atoms with Crippen molar-refractivity contribution in [1.29, 1.82) is 0 Å². The molecule has 1 amide bonds. The Kier molecular flexibility index (Phi) is 5.66. The summed E-state index contributed by atoms with van der Waals surface area (Å²) in [7, 11) is 1.63. The highest BCUT2D eigenvalue weighted by atomic mass is 16.5. The lowest BCUT2D eigenvalue weighted by Gasteiger charge is -2.26.